The Morgan fingerprint density at radius 2 is 1.87 bits per heavy atom. The first-order valence-corrected chi connectivity index (χ1v) is 12.6. The van der Waals surface area contributed by atoms with Gasteiger partial charge in [-0.05, 0) is 80.2 Å². The van der Waals surface area contributed by atoms with Crippen LogP contribution in [0.25, 0.3) is 5.69 Å². The molecule has 1 fully saturated rings. The fourth-order valence-corrected chi connectivity index (χ4v) is 5.70. The number of hydrogen-bond donors (Lipinski definition) is 1. The molecule has 2 aliphatic heterocycles. The first-order chi connectivity index (χ1) is 18.5. The number of fused-ring (bicyclic) bond motifs is 1. The Hall–Kier alpha value is -4.37. The van der Waals surface area contributed by atoms with Crippen LogP contribution >= 0.6 is 12.2 Å². The molecule has 2 atom stereocenters. The Kier molecular flexibility index (Phi) is 6.00. The lowest BCUT2D eigenvalue weighted by Gasteiger charge is -2.28. The third kappa shape index (κ3) is 3.95. The van der Waals surface area contributed by atoms with E-state index < -0.39 is 0 Å². The third-order valence-corrected chi connectivity index (χ3v) is 7.36. The average Bonchev–Trinajstić information content (AvgIpc) is 3.63. The van der Waals surface area contributed by atoms with Gasteiger partial charge in [-0.3, -0.25) is 4.98 Å². The van der Waals surface area contributed by atoms with E-state index in [2.05, 4.69) is 39.7 Å². The van der Waals surface area contributed by atoms with E-state index in [9.17, 15) is 4.79 Å². The number of carbonyl (C=O) groups is 1. The molecule has 6 rings (SSSR count). The first-order valence-electron chi connectivity index (χ1n) is 12.2. The van der Waals surface area contributed by atoms with Gasteiger partial charge in [-0.15, -0.1) is 0 Å². The molecule has 0 bridgehead atoms. The number of nitrogens with zero attached hydrogens (tertiary/aromatic N) is 3. The number of carbonyl (C=O) groups excluding carboxylic acids is 1. The highest BCUT2D eigenvalue weighted by Crippen LogP contribution is 2.46. The van der Waals surface area contributed by atoms with E-state index in [1.807, 2.05) is 54.6 Å². The van der Waals surface area contributed by atoms with Crippen LogP contribution in [0, 0.1) is 13.8 Å². The highest BCUT2D eigenvalue weighted by atomic mass is 32.1. The van der Waals surface area contributed by atoms with Crippen LogP contribution < -0.4 is 19.7 Å². The molecule has 2 aliphatic rings. The molecule has 0 unspecified atom stereocenters. The number of ether oxygens (including phenoxy) is 3. The van der Waals surface area contributed by atoms with Crippen molar-refractivity contribution in [2.45, 2.75) is 25.9 Å². The van der Waals surface area contributed by atoms with Crippen molar-refractivity contribution < 1.29 is 19.0 Å². The Labute approximate surface area is 225 Å². The standard InChI is InChI=1S/C29H26N4O4S/c1-17-13-22(18(2)32(17)20-8-6-7-19(14-20)28(34)35-3)27-26(23-9-4-5-12-30-23)31-29(38)33(27)21-10-11-24-25(15-21)37-16-36-24/h4-15,26-27H,16H2,1-3H3,(H,31,38)/t26-,27+/m0/s1. The van der Waals surface area contributed by atoms with E-state index in [0.29, 0.717) is 22.2 Å². The monoisotopic (exact) mass is 526 g/mol. The van der Waals surface area contributed by atoms with Crippen molar-refractivity contribution in [3.63, 3.8) is 0 Å². The van der Waals surface area contributed by atoms with Gasteiger partial charge in [0.25, 0.3) is 0 Å². The van der Waals surface area contributed by atoms with Gasteiger partial charge in [0.1, 0.15) is 0 Å². The van der Waals surface area contributed by atoms with Crippen LogP contribution in [0.15, 0.2) is 72.9 Å². The fourth-order valence-electron chi connectivity index (χ4n) is 5.36. The maximum atomic E-state index is 12.2. The largest absolute Gasteiger partial charge is 0.465 e. The molecule has 0 amide bonds. The van der Waals surface area contributed by atoms with E-state index in [1.165, 1.54) is 7.11 Å². The van der Waals surface area contributed by atoms with E-state index in [-0.39, 0.29) is 24.8 Å². The number of methoxy groups -OCH3 is 1. The second-order valence-electron chi connectivity index (χ2n) is 9.24. The summed E-state index contributed by atoms with van der Waals surface area (Å²) in [6.45, 7) is 4.35. The summed E-state index contributed by atoms with van der Waals surface area (Å²) in [4.78, 5) is 19.0. The van der Waals surface area contributed by atoms with Gasteiger partial charge in [0.05, 0.1) is 30.5 Å². The van der Waals surface area contributed by atoms with Gasteiger partial charge in [0.2, 0.25) is 6.79 Å². The fraction of sp³-hybridized carbons (Fsp3) is 0.207. The molecule has 9 heteroatoms. The molecule has 0 aliphatic carbocycles. The maximum absolute atomic E-state index is 12.2. The van der Waals surface area contributed by atoms with E-state index in [4.69, 9.17) is 26.4 Å². The average molecular weight is 527 g/mol. The van der Waals surface area contributed by atoms with Crippen LogP contribution in [0.1, 0.15) is 45.1 Å². The number of esters is 1. The van der Waals surface area contributed by atoms with Gasteiger partial charge in [0.15, 0.2) is 16.6 Å². The molecule has 0 spiro atoms. The lowest BCUT2D eigenvalue weighted by atomic mass is 9.96. The van der Waals surface area contributed by atoms with E-state index >= 15 is 0 Å². The number of thiocarbonyl (C=S) groups is 1. The van der Waals surface area contributed by atoms with Crippen molar-refractivity contribution in [2.75, 3.05) is 18.8 Å². The quantitative estimate of drug-likeness (QED) is 0.282. The van der Waals surface area contributed by atoms with Crippen LogP contribution in [-0.4, -0.2) is 34.5 Å². The zero-order chi connectivity index (χ0) is 26.4. The number of hydrogen-bond acceptors (Lipinski definition) is 6. The zero-order valence-electron chi connectivity index (χ0n) is 21.2. The molecule has 4 aromatic rings. The summed E-state index contributed by atoms with van der Waals surface area (Å²) in [5, 5.41) is 4.11. The van der Waals surface area contributed by atoms with Crippen molar-refractivity contribution >= 4 is 29.0 Å². The van der Waals surface area contributed by atoms with Crippen molar-refractivity contribution in [1.29, 1.82) is 0 Å². The van der Waals surface area contributed by atoms with Crippen LogP contribution in [0.4, 0.5) is 5.69 Å². The first kappa shape index (κ1) is 24.0. The summed E-state index contributed by atoms with van der Waals surface area (Å²) in [6, 6.07) is 21.0. The van der Waals surface area contributed by atoms with Gasteiger partial charge in [-0.25, -0.2) is 4.79 Å². The zero-order valence-corrected chi connectivity index (χ0v) is 22.0. The highest BCUT2D eigenvalue weighted by molar-refractivity contribution is 7.80. The predicted octanol–water partition coefficient (Wildman–Crippen LogP) is 5.18. The van der Waals surface area contributed by atoms with E-state index in [0.717, 1.165) is 34.0 Å². The summed E-state index contributed by atoms with van der Waals surface area (Å²) >= 11 is 5.90. The lowest BCUT2D eigenvalue weighted by Crippen LogP contribution is -2.29. The van der Waals surface area contributed by atoms with Crippen molar-refractivity contribution in [2.24, 2.45) is 0 Å². The molecule has 0 radical (unpaired) electrons. The topological polar surface area (TPSA) is 77.9 Å². The number of nitrogens with one attached hydrogen (secondary N) is 1. The summed E-state index contributed by atoms with van der Waals surface area (Å²) in [7, 11) is 1.39. The Morgan fingerprint density at radius 1 is 1.03 bits per heavy atom. The molecule has 2 aromatic heterocycles. The summed E-state index contributed by atoms with van der Waals surface area (Å²) in [6.07, 6.45) is 1.79. The number of pyridine rings is 1. The molecule has 1 N–H and O–H groups in total. The third-order valence-electron chi connectivity index (χ3n) is 7.05. The molecule has 0 saturated carbocycles. The SMILES string of the molecule is COC(=O)c1cccc(-n2c(C)cc([C@@H]3[C@H](c4ccccn4)NC(=S)N3c3ccc4c(c3)OCO4)c2C)c1. The molecule has 2 aromatic carbocycles. The number of benzene rings is 2. The molecule has 4 heterocycles. The van der Waals surface area contributed by atoms with Crippen molar-refractivity contribution in [1.82, 2.24) is 14.9 Å². The molecule has 38 heavy (non-hydrogen) atoms. The van der Waals surface area contributed by atoms with Gasteiger partial charge in [0, 0.05) is 35.0 Å². The van der Waals surface area contributed by atoms with E-state index in [1.54, 1.807) is 12.3 Å². The number of aryl methyl sites for hydroxylation is 1. The van der Waals surface area contributed by atoms with Gasteiger partial charge in [-0.2, -0.15) is 0 Å². The summed E-state index contributed by atoms with van der Waals surface area (Å²) in [5.74, 6) is 1.04. The van der Waals surface area contributed by atoms with Gasteiger partial charge >= 0.3 is 5.97 Å². The Balaban J connectivity index is 1.49. The minimum Gasteiger partial charge on any atom is -0.465 e. The van der Waals surface area contributed by atoms with Crippen LogP contribution in [-0.2, 0) is 4.74 Å². The molecule has 1 saturated heterocycles. The highest BCUT2D eigenvalue weighted by Gasteiger charge is 2.42. The summed E-state index contributed by atoms with van der Waals surface area (Å²) < 4.78 is 18.3. The van der Waals surface area contributed by atoms with Crippen LogP contribution in [0.3, 0.4) is 0 Å². The molecular formula is C29H26N4O4S. The smallest absolute Gasteiger partial charge is 0.337 e. The minimum absolute atomic E-state index is 0.190. The number of rotatable bonds is 5. The van der Waals surface area contributed by atoms with Gasteiger partial charge in [-0.1, -0.05) is 12.1 Å². The normalized spacial score (nSPS) is 18.0. The molecular weight excluding hydrogens is 500 g/mol. The second kappa shape index (κ2) is 9.50. The predicted molar refractivity (Wildman–Crippen MR) is 147 cm³/mol. The summed E-state index contributed by atoms with van der Waals surface area (Å²) in [5.41, 5.74) is 6.32. The molecule has 8 nitrogen and oxygen atoms in total. The second-order valence-corrected chi connectivity index (χ2v) is 9.62. The Bertz CT molecular complexity index is 1550. The van der Waals surface area contributed by atoms with Gasteiger partial charge < -0.3 is 29.0 Å². The molecule has 192 valence electrons. The van der Waals surface area contributed by atoms with Crippen LogP contribution in [0.5, 0.6) is 11.5 Å². The Morgan fingerprint density at radius 3 is 2.66 bits per heavy atom. The lowest BCUT2D eigenvalue weighted by molar-refractivity contribution is 0.0600. The number of anilines is 1. The maximum Gasteiger partial charge on any atom is 0.337 e. The minimum atomic E-state index is -0.371. The number of aromatic nitrogens is 2. The van der Waals surface area contributed by atoms with Crippen molar-refractivity contribution in [3.8, 4) is 17.2 Å². The van der Waals surface area contributed by atoms with Crippen molar-refractivity contribution in [3.05, 3.63) is 101 Å². The van der Waals surface area contributed by atoms with Crippen LogP contribution in [0.2, 0.25) is 0 Å².